The van der Waals surface area contributed by atoms with E-state index in [9.17, 15) is 4.79 Å². The van der Waals surface area contributed by atoms with E-state index in [0.717, 1.165) is 11.4 Å². The fourth-order valence-corrected chi connectivity index (χ4v) is 1.91. The summed E-state index contributed by atoms with van der Waals surface area (Å²) in [5.41, 5.74) is 1.03. The number of methoxy groups -OCH3 is 1. The lowest BCUT2D eigenvalue weighted by Crippen LogP contribution is -2.09. The summed E-state index contributed by atoms with van der Waals surface area (Å²) in [6.45, 7) is 2.74. The van der Waals surface area contributed by atoms with E-state index in [1.807, 2.05) is 23.9 Å². The summed E-state index contributed by atoms with van der Waals surface area (Å²) in [5, 5.41) is 3.17. The summed E-state index contributed by atoms with van der Waals surface area (Å²) in [6, 6.07) is 8.20. The number of anilines is 1. The fourth-order valence-electron chi connectivity index (χ4n) is 1.25. The highest BCUT2D eigenvalue weighted by Crippen LogP contribution is 2.19. The van der Waals surface area contributed by atoms with E-state index in [-0.39, 0.29) is 5.97 Å². The van der Waals surface area contributed by atoms with Crippen LogP contribution in [0.25, 0.3) is 0 Å². The van der Waals surface area contributed by atoms with Crippen molar-refractivity contribution in [1.82, 2.24) is 0 Å². The van der Waals surface area contributed by atoms with Crippen molar-refractivity contribution >= 4 is 23.4 Å². The first-order chi connectivity index (χ1) is 7.76. The number of thioether (sulfide) groups is 1. The van der Waals surface area contributed by atoms with Crippen LogP contribution in [0.15, 0.2) is 29.2 Å². The van der Waals surface area contributed by atoms with Crippen LogP contribution in [0.1, 0.15) is 13.3 Å². The summed E-state index contributed by atoms with van der Waals surface area (Å²) < 4.78 is 4.56. The molecular weight excluding hydrogens is 222 g/mol. The molecule has 0 bridgehead atoms. The monoisotopic (exact) mass is 239 g/mol. The maximum atomic E-state index is 10.9. The molecule has 0 heterocycles. The number of nitrogens with one attached hydrogen (secondary N) is 1. The SMILES string of the molecule is CCSc1ccc(NCCC(=O)OC)cc1. The van der Waals surface area contributed by atoms with Crippen LogP contribution < -0.4 is 5.32 Å². The van der Waals surface area contributed by atoms with Gasteiger partial charge in [0.2, 0.25) is 0 Å². The second-order valence-corrected chi connectivity index (χ2v) is 4.55. The second kappa shape index (κ2) is 7.17. The number of ether oxygens (including phenoxy) is 1. The Hall–Kier alpha value is -1.16. The molecule has 0 fully saturated rings. The zero-order valence-electron chi connectivity index (χ0n) is 9.66. The Balaban J connectivity index is 2.34. The van der Waals surface area contributed by atoms with Gasteiger partial charge in [-0.2, -0.15) is 0 Å². The van der Waals surface area contributed by atoms with Gasteiger partial charge in [0.15, 0.2) is 0 Å². The first-order valence-corrected chi connectivity index (χ1v) is 6.28. The third-order valence-electron chi connectivity index (χ3n) is 2.05. The van der Waals surface area contributed by atoms with Crippen LogP contribution in [0.2, 0.25) is 0 Å². The summed E-state index contributed by atoms with van der Waals surface area (Å²) in [4.78, 5) is 12.1. The van der Waals surface area contributed by atoms with E-state index in [1.54, 1.807) is 0 Å². The highest BCUT2D eigenvalue weighted by molar-refractivity contribution is 7.99. The molecule has 1 rings (SSSR count). The fraction of sp³-hybridized carbons (Fsp3) is 0.417. The normalized spacial score (nSPS) is 9.88. The molecule has 1 aromatic carbocycles. The zero-order chi connectivity index (χ0) is 11.8. The number of rotatable bonds is 6. The smallest absolute Gasteiger partial charge is 0.307 e. The van der Waals surface area contributed by atoms with E-state index in [1.165, 1.54) is 12.0 Å². The van der Waals surface area contributed by atoms with Crippen molar-refractivity contribution in [3.05, 3.63) is 24.3 Å². The molecule has 3 nitrogen and oxygen atoms in total. The van der Waals surface area contributed by atoms with Crippen LogP contribution in [0.4, 0.5) is 5.69 Å². The van der Waals surface area contributed by atoms with Gasteiger partial charge in [-0.1, -0.05) is 6.92 Å². The number of carbonyl (C=O) groups excluding carboxylic acids is 1. The molecule has 0 saturated heterocycles. The molecular formula is C12H17NO2S. The molecule has 0 amide bonds. The average molecular weight is 239 g/mol. The van der Waals surface area contributed by atoms with Gasteiger partial charge in [-0.25, -0.2) is 0 Å². The molecule has 0 atom stereocenters. The highest BCUT2D eigenvalue weighted by Gasteiger charge is 1.99. The van der Waals surface area contributed by atoms with Gasteiger partial charge < -0.3 is 10.1 Å². The van der Waals surface area contributed by atoms with Crippen molar-refractivity contribution in [2.24, 2.45) is 0 Å². The van der Waals surface area contributed by atoms with Crippen LogP contribution in [0, 0.1) is 0 Å². The van der Waals surface area contributed by atoms with E-state index in [4.69, 9.17) is 0 Å². The number of hydrogen-bond acceptors (Lipinski definition) is 4. The lowest BCUT2D eigenvalue weighted by Gasteiger charge is -2.06. The second-order valence-electron chi connectivity index (χ2n) is 3.21. The lowest BCUT2D eigenvalue weighted by atomic mass is 10.3. The zero-order valence-corrected chi connectivity index (χ0v) is 10.5. The van der Waals surface area contributed by atoms with Gasteiger partial charge in [0.1, 0.15) is 0 Å². The van der Waals surface area contributed by atoms with E-state index in [2.05, 4.69) is 29.1 Å². The van der Waals surface area contributed by atoms with Gasteiger partial charge in [-0.3, -0.25) is 4.79 Å². The molecule has 0 aliphatic rings. The van der Waals surface area contributed by atoms with Crippen LogP contribution in [-0.2, 0) is 9.53 Å². The van der Waals surface area contributed by atoms with Gasteiger partial charge in [0, 0.05) is 17.1 Å². The Labute approximate surface area is 101 Å². The minimum absolute atomic E-state index is 0.189. The molecule has 0 aromatic heterocycles. The third-order valence-corrected chi connectivity index (χ3v) is 2.95. The molecule has 4 heteroatoms. The minimum atomic E-state index is -0.189. The quantitative estimate of drug-likeness (QED) is 0.612. The number of hydrogen-bond donors (Lipinski definition) is 1. The van der Waals surface area contributed by atoms with Crippen molar-refractivity contribution in [3.63, 3.8) is 0 Å². The molecule has 1 aromatic rings. The number of esters is 1. The predicted octanol–water partition coefficient (Wildman–Crippen LogP) is 2.77. The average Bonchev–Trinajstić information content (AvgIpc) is 2.31. The van der Waals surface area contributed by atoms with E-state index >= 15 is 0 Å². The van der Waals surface area contributed by atoms with Crippen molar-refractivity contribution in [2.75, 3.05) is 24.7 Å². The number of carbonyl (C=O) groups is 1. The Morgan fingerprint density at radius 1 is 1.38 bits per heavy atom. The summed E-state index contributed by atoms with van der Waals surface area (Å²) in [6.07, 6.45) is 0.391. The van der Waals surface area contributed by atoms with Gasteiger partial charge in [0.25, 0.3) is 0 Å². The minimum Gasteiger partial charge on any atom is -0.469 e. The Bertz CT molecular complexity index is 324. The van der Waals surface area contributed by atoms with Crippen molar-refractivity contribution in [3.8, 4) is 0 Å². The first-order valence-electron chi connectivity index (χ1n) is 5.29. The molecule has 0 saturated carbocycles. The van der Waals surface area contributed by atoms with Gasteiger partial charge in [0.05, 0.1) is 13.5 Å². The van der Waals surface area contributed by atoms with Crippen LogP contribution >= 0.6 is 11.8 Å². The predicted molar refractivity (Wildman–Crippen MR) is 68.0 cm³/mol. The van der Waals surface area contributed by atoms with E-state index in [0.29, 0.717) is 13.0 Å². The Kier molecular flexibility index (Phi) is 5.78. The first kappa shape index (κ1) is 12.9. The van der Waals surface area contributed by atoms with Crippen LogP contribution in [0.5, 0.6) is 0 Å². The molecule has 0 aliphatic carbocycles. The van der Waals surface area contributed by atoms with Crippen molar-refractivity contribution in [2.45, 2.75) is 18.2 Å². The van der Waals surface area contributed by atoms with Crippen LogP contribution in [0.3, 0.4) is 0 Å². The summed E-state index contributed by atoms with van der Waals surface area (Å²) in [7, 11) is 1.40. The maximum Gasteiger partial charge on any atom is 0.307 e. The van der Waals surface area contributed by atoms with Crippen LogP contribution in [-0.4, -0.2) is 25.4 Å². The third kappa shape index (κ3) is 4.57. The van der Waals surface area contributed by atoms with Gasteiger partial charge in [-0.05, 0) is 30.0 Å². The molecule has 0 unspecified atom stereocenters. The van der Waals surface area contributed by atoms with Gasteiger partial charge >= 0.3 is 5.97 Å². The standard InChI is InChI=1S/C12H17NO2S/c1-3-16-11-6-4-10(5-7-11)13-9-8-12(14)15-2/h4-7,13H,3,8-9H2,1-2H3. The molecule has 0 spiro atoms. The van der Waals surface area contributed by atoms with Crippen molar-refractivity contribution < 1.29 is 9.53 Å². The maximum absolute atomic E-state index is 10.9. The molecule has 1 N–H and O–H groups in total. The summed E-state index contributed by atoms with van der Waals surface area (Å²) in [5.74, 6) is 0.889. The Morgan fingerprint density at radius 2 is 2.06 bits per heavy atom. The van der Waals surface area contributed by atoms with Gasteiger partial charge in [-0.15, -0.1) is 11.8 Å². The summed E-state index contributed by atoms with van der Waals surface area (Å²) >= 11 is 1.81. The molecule has 0 radical (unpaired) electrons. The van der Waals surface area contributed by atoms with E-state index < -0.39 is 0 Å². The Morgan fingerprint density at radius 3 is 2.62 bits per heavy atom. The lowest BCUT2D eigenvalue weighted by molar-refractivity contribution is -0.140. The highest BCUT2D eigenvalue weighted by atomic mass is 32.2. The van der Waals surface area contributed by atoms with Crippen molar-refractivity contribution in [1.29, 1.82) is 0 Å². The molecule has 0 aliphatic heterocycles. The topological polar surface area (TPSA) is 38.3 Å². The molecule has 16 heavy (non-hydrogen) atoms. The molecule has 88 valence electrons. The largest absolute Gasteiger partial charge is 0.469 e. The number of benzene rings is 1.